The summed E-state index contributed by atoms with van der Waals surface area (Å²) in [5.74, 6) is -0.220. The van der Waals surface area contributed by atoms with Crippen LogP contribution in [0, 0.1) is 0 Å². The van der Waals surface area contributed by atoms with Gasteiger partial charge in [0.15, 0.2) is 0 Å². The van der Waals surface area contributed by atoms with Crippen molar-refractivity contribution < 1.29 is 14.3 Å². The first kappa shape index (κ1) is 15.1. The van der Waals surface area contributed by atoms with E-state index < -0.39 is 5.97 Å². The van der Waals surface area contributed by atoms with Crippen LogP contribution < -0.4 is 10.1 Å². The summed E-state index contributed by atoms with van der Waals surface area (Å²) in [4.78, 5) is 23.3. The molecule has 0 atom stereocenters. The van der Waals surface area contributed by atoms with Crippen LogP contribution >= 0.6 is 11.6 Å². The molecule has 0 heterocycles. The Morgan fingerprint density at radius 1 is 1.14 bits per heavy atom. The molecule has 4 nitrogen and oxygen atoms in total. The molecule has 0 aliphatic heterocycles. The van der Waals surface area contributed by atoms with Gasteiger partial charge in [0.25, 0.3) is 5.91 Å². The lowest BCUT2D eigenvalue weighted by Gasteiger charge is -2.10. The maximum absolute atomic E-state index is 12.3. The first-order valence-corrected chi connectivity index (χ1v) is 6.87. The molecule has 1 N–H and O–H groups in total. The number of benzene rings is 2. The van der Waals surface area contributed by atoms with E-state index in [0.717, 1.165) is 5.56 Å². The minimum Gasteiger partial charge on any atom is -0.426 e. The zero-order valence-corrected chi connectivity index (χ0v) is 12.2. The summed E-state index contributed by atoms with van der Waals surface area (Å²) in [5.41, 5.74) is 1.84. The first-order chi connectivity index (χ1) is 10.1. The summed E-state index contributed by atoms with van der Waals surface area (Å²) in [5, 5.41) is 2.76. The molecule has 0 saturated carbocycles. The van der Waals surface area contributed by atoms with Crippen LogP contribution in [0.4, 0.5) is 5.69 Å². The van der Waals surface area contributed by atoms with Crippen LogP contribution in [0.15, 0.2) is 48.5 Å². The fourth-order valence-electron chi connectivity index (χ4n) is 1.83. The Labute approximate surface area is 127 Å². The quantitative estimate of drug-likeness (QED) is 0.533. The molecule has 2 aromatic rings. The third kappa shape index (κ3) is 4.07. The van der Waals surface area contributed by atoms with Gasteiger partial charge in [-0.2, -0.15) is 0 Å². The molecule has 5 heteroatoms. The largest absolute Gasteiger partial charge is 0.426 e. The van der Waals surface area contributed by atoms with E-state index in [4.69, 9.17) is 16.3 Å². The van der Waals surface area contributed by atoms with Crippen molar-refractivity contribution in [1.82, 2.24) is 0 Å². The van der Waals surface area contributed by atoms with Crippen molar-refractivity contribution >= 4 is 29.2 Å². The number of hydrogen-bond donors (Lipinski definition) is 1. The van der Waals surface area contributed by atoms with E-state index in [1.165, 1.54) is 6.92 Å². The van der Waals surface area contributed by atoms with Crippen LogP contribution in [0.1, 0.15) is 22.8 Å². The molecule has 0 aliphatic rings. The third-order valence-corrected chi connectivity index (χ3v) is 3.03. The summed E-state index contributed by atoms with van der Waals surface area (Å²) in [7, 11) is 0. The van der Waals surface area contributed by atoms with Gasteiger partial charge in [-0.25, -0.2) is 0 Å². The van der Waals surface area contributed by atoms with Crippen LogP contribution in [0.25, 0.3) is 0 Å². The monoisotopic (exact) mass is 303 g/mol. The second kappa shape index (κ2) is 6.90. The number of nitrogens with one attached hydrogen (secondary N) is 1. The maximum atomic E-state index is 12.3. The predicted molar refractivity (Wildman–Crippen MR) is 81.7 cm³/mol. The molecule has 0 saturated heterocycles. The van der Waals surface area contributed by atoms with Crippen molar-refractivity contribution in [2.75, 3.05) is 5.32 Å². The number of amides is 1. The summed E-state index contributed by atoms with van der Waals surface area (Å²) < 4.78 is 5.03. The number of rotatable bonds is 4. The van der Waals surface area contributed by atoms with E-state index in [0.29, 0.717) is 17.1 Å². The second-order valence-electron chi connectivity index (χ2n) is 4.38. The average Bonchev–Trinajstić information content (AvgIpc) is 2.47. The van der Waals surface area contributed by atoms with Crippen molar-refractivity contribution in [3.8, 4) is 5.75 Å². The smallest absolute Gasteiger partial charge is 0.308 e. The molecule has 1 amide bonds. The number of halogens is 1. The lowest BCUT2D eigenvalue weighted by atomic mass is 10.1. The van der Waals surface area contributed by atoms with Gasteiger partial charge in [0.05, 0.1) is 5.56 Å². The standard InChI is InChI=1S/C16H14ClNO3/c1-11(19)21-15-8-3-2-7-14(15)16(20)18-13-6-4-5-12(9-13)10-17/h2-9H,10H2,1H3,(H,18,20). The summed E-state index contributed by atoms with van der Waals surface area (Å²) in [6, 6.07) is 13.8. The number of carbonyl (C=O) groups is 2. The number of esters is 1. The molecule has 0 spiro atoms. The molecule has 108 valence electrons. The van der Waals surface area contributed by atoms with Crippen LogP contribution in [0.2, 0.25) is 0 Å². The number of carbonyl (C=O) groups excluding carboxylic acids is 2. The Bertz CT molecular complexity index is 670. The Kier molecular flexibility index (Phi) is 4.95. The number of anilines is 1. The molecular weight excluding hydrogens is 290 g/mol. The topological polar surface area (TPSA) is 55.4 Å². The average molecular weight is 304 g/mol. The molecule has 21 heavy (non-hydrogen) atoms. The molecule has 2 aromatic carbocycles. The van der Waals surface area contributed by atoms with Crippen LogP contribution in [-0.4, -0.2) is 11.9 Å². The van der Waals surface area contributed by atoms with E-state index >= 15 is 0 Å². The highest BCUT2D eigenvalue weighted by atomic mass is 35.5. The SMILES string of the molecule is CC(=O)Oc1ccccc1C(=O)Nc1cccc(CCl)c1. The summed E-state index contributed by atoms with van der Waals surface area (Å²) in [6.07, 6.45) is 0. The Balaban J connectivity index is 2.22. The lowest BCUT2D eigenvalue weighted by molar-refractivity contribution is -0.131. The second-order valence-corrected chi connectivity index (χ2v) is 4.65. The highest BCUT2D eigenvalue weighted by Crippen LogP contribution is 2.20. The van der Waals surface area contributed by atoms with Gasteiger partial charge >= 0.3 is 5.97 Å². The fourth-order valence-corrected chi connectivity index (χ4v) is 1.99. The van der Waals surface area contributed by atoms with Crippen LogP contribution in [0.3, 0.4) is 0 Å². The fraction of sp³-hybridized carbons (Fsp3) is 0.125. The van der Waals surface area contributed by atoms with Gasteiger partial charge in [-0.15, -0.1) is 11.6 Å². The first-order valence-electron chi connectivity index (χ1n) is 6.34. The molecule has 0 fully saturated rings. The highest BCUT2D eigenvalue weighted by molar-refractivity contribution is 6.17. The van der Waals surface area contributed by atoms with E-state index in [2.05, 4.69) is 5.32 Å². The van der Waals surface area contributed by atoms with E-state index in [1.807, 2.05) is 12.1 Å². The Morgan fingerprint density at radius 3 is 2.62 bits per heavy atom. The number of para-hydroxylation sites is 1. The van der Waals surface area contributed by atoms with Crippen molar-refractivity contribution in [3.05, 3.63) is 59.7 Å². The van der Waals surface area contributed by atoms with Gasteiger partial charge in [0.2, 0.25) is 0 Å². The van der Waals surface area contributed by atoms with Crippen molar-refractivity contribution in [3.63, 3.8) is 0 Å². The zero-order valence-electron chi connectivity index (χ0n) is 11.4. The van der Waals surface area contributed by atoms with Gasteiger partial charge in [-0.1, -0.05) is 24.3 Å². The number of ether oxygens (including phenoxy) is 1. The molecule has 0 radical (unpaired) electrons. The Morgan fingerprint density at radius 2 is 1.90 bits per heavy atom. The molecule has 0 aromatic heterocycles. The molecule has 0 bridgehead atoms. The van der Waals surface area contributed by atoms with Gasteiger partial charge in [-0.05, 0) is 29.8 Å². The Hall–Kier alpha value is -2.33. The summed E-state index contributed by atoms with van der Waals surface area (Å²) in [6.45, 7) is 1.29. The minimum absolute atomic E-state index is 0.232. The van der Waals surface area contributed by atoms with Crippen LogP contribution in [0.5, 0.6) is 5.75 Å². The zero-order chi connectivity index (χ0) is 15.2. The van der Waals surface area contributed by atoms with Gasteiger partial charge < -0.3 is 10.1 Å². The number of hydrogen-bond acceptors (Lipinski definition) is 3. The maximum Gasteiger partial charge on any atom is 0.308 e. The van der Waals surface area contributed by atoms with E-state index in [9.17, 15) is 9.59 Å². The molecule has 2 rings (SSSR count). The van der Waals surface area contributed by atoms with Gasteiger partial charge in [-0.3, -0.25) is 9.59 Å². The van der Waals surface area contributed by atoms with Crippen molar-refractivity contribution in [2.24, 2.45) is 0 Å². The third-order valence-electron chi connectivity index (χ3n) is 2.72. The van der Waals surface area contributed by atoms with E-state index in [1.54, 1.807) is 36.4 Å². The van der Waals surface area contributed by atoms with Gasteiger partial charge in [0, 0.05) is 18.5 Å². The molecule has 0 unspecified atom stereocenters. The lowest BCUT2D eigenvalue weighted by Crippen LogP contribution is -2.14. The summed E-state index contributed by atoms with van der Waals surface area (Å²) >= 11 is 5.76. The molecule has 0 aliphatic carbocycles. The van der Waals surface area contributed by atoms with Crippen molar-refractivity contribution in [2.45, 2.75) is 12.8 Å². The van der Waals surface area contributed by atoms with E-state index in [-0.39, 0.29) is 11.7 Å². The van der Waals surface area contributed by atoms with Gasteiger partial charge in [0.1, 0.15) is 5.75 Å². The molecular formula is C16H14ClNO3. The van der Waals surface area contributed by atoms with Crippen molar-refractivity contribution in [1.29, 1.82) is 0 Å². The normalized spacial score (nSPS) is 10.0. The number of alkyl halides is 1. The highest BCUT2D eigenvalue weighted by Gasteiger charge is 2.13. The van der Waals surface area contributed by atoms with Crippen LogP contribution in [-0.2, 0) is 10.7 Å². The predicted octanol–water partition coefficient (Wildman–Crippen LogP) is 3.60. The minimum atomic E-state index is -0.473.